The minimum absolute atomic E-state index is 0.0656. The van der Waals surface area contributed by atoms with Crippen LogP contribution in [0.4, 0.5) is 0 Å². The lowest BCUT2D eigenvalue weighted by molar-refractivity contribution is -0.119. The van der Waals surface area contributed by atoms with Crippen LogP contribution in [0.3, 0.4) is 0 Å². The topological polar surface area (TPSA) is 99.3 Å². The lowest BCUT2D eigenvalue weighted by atomic mass is 10.0. The molecule has 0 bridgehead atoms. The molecule has 0 saturated carbocycles. The minimum Gasteiger partial charge on any atom is -0.337 e. The summed E-state index contributed by atoms with van der Waals surface area (Å²) >= 11 is 0. The normalized spacial score (nSPS) is 12.3. The van der Waals surface area contributed by atoms with Gasteiger partial charge in [-0.1, -0.05) is 67.6 Å². The monoisotopic (exact) mass is 488 g/mol. The van der Waals surface area contributed by atoms with Gasteiger partial charge in [0.15, 0.2) is 11.5 Å². The van der Waals surface area contributed by atoms with Crippen molar-refractivity contribution in [3.63, 3.8) is 0 Å². The lowest BCUT2D eigenvalue weighted by Crippen LogP contribution is -2.23. The summed E-state index contributed by atoms with van der Waals surface area (Å²) in [5.41, 5.74) is 7.67. The number of benzene rings is 2. The molecule has 0 radical (unpaired) electrons. The molecule has 0 aliphatic rings. The number of nitrogens with zero attached hydrogens (tertiary/aromatic N) is 3. The molecule has 37 heavy (non-hydrogen) atoms. The Morgan fingerprint density at radius 1 is 1.08 bits per heavy atom. The maximum absolute atomic E-state index is 12.6. The van der Waals surface area contributed by atoms with Crippen LogP contribution in [0.1, 0.15) is 31.4 Å². The summed E-state index contributed by atoms with van der Waals surface area (Å²) in [6, 6.07) is 19.6. The van der Waals surface area contributed by atoms with Crippen LogP contribution < -0.4 is 5.32 Å². The molecule has 3 heterocycles. The molecule has 0 atom stereocenters. The minimum atomic E-state index is -0.0656. The van der Waals surface area contributed by atoms with E-state index in [0.29, 0.717) is 17.9 Å². The fourth-order valence-electron chi connectivity index (χ4n) is 4.15. The number of carbonyl (C=O) groups excluding carboxylic acids is 1. The van der Waals surface area contributed by atoms with E-state index in [1.165, 1.54) is 0 Å². The number of allylic oxidation sites excluding steroid dienone is 5. The summed E-state index contributed by atoms with van der Waals surface area (Å²) in [5.74, 6) is 0.634. The second kappa shape index (κ2) is 10.5. The van der Waals surface area contributed by atoms with Crippen LogP contribution in [-0.2, 0) is 11.2 Å². The maximum Gasteiger partial charge on any atom is 0.228 e. The molecule has 5 aromatic rings. The molecule has 0 unspecified atom stereocenters. The molecule has 0 aliphatic carbocycles. The molecular formula is C30H28N6O. The number of pyridine rings is 1. The van der Waals surface area contributed by atoms with Crippen molar-refractivity contribution in [2.24, 2.45) is 0 Å². The van der Waals surface area contributed by atoms with Gasteiger partial charge in [-0.3, -0.25) is 9.89 Å². The van der Waals surface area contributed by atoms with Crippen LogP contribution in [0.2, 0.25) is 0 Å². The number of aromatic amines is 2. The van der Waals surface area contributed by atoms with Crippen LogP contribution >= 0.6 is 0 Å². The molecule has 0 fully saturated rings. The van der Waals surface area contributed by atoms with Gasteiger partial charge < -0.3 is 10.3 Å². The second-order valence-corrected chi connectivity index (χ2v) is 8.95. The maximum atomic E-state index is 12.6. The molecule has 3 N–H and O–H groups in total. The summed E-state index contributed by atoms with van der Waals surface area (Å²) in [6.45, 7) is 8.10. The van der Waals surface area contributed by atoms with Crippen molar-refractivity contribution in [2.45, 2.75) is 26.7 Å². The van der Waals surface area contributed by atoms with Crippen molar-refractivity contribution in [3.05, 3.63) is 108 Å². The van der Waals surface area contributed by atoms with E-state index < -0.39 is 0 Å². The van der Waals surface area contributed by atoms with Gasteiger partial charge in [0.2, 0.25) is 5.91 Å². The highest BCUT2D eigenvalue weighted by Gasteiger charge is 2.15. The number of aromatic nitrogens is 5. The number of para-hydroxylation sites is 2. The summed E-state index contributed by atoms with van der Waals surface area (Å²) in [7, 11) is 0. The molecule has 2 aromatic carbocycles. The molecule has 7 nitrogen and oxygen atoms in total. The predicted molar refractivity (Wildman–Crippen MR) is 148 cm³/mol. The van der Waals surface area contributed by atoms with Gasteiger partial charge in [0.05, 0.1) is 22.8 Å². The average Bonchev–Trinajstić information content (AvgIpc) is 3.52. The summed E-state index contributed by atoms with van der Waals surface area (Å²) in [5, 5.41) is 11.3. The molecule has 0 spiro atoms. The second-order valence-electron chi connectivity index (χ2n) is 8.95. The molecule has 0 saturated heterocycles. The molecule has 184 valence electrons. The zero-order valence-corrected chi connectivity index (χ0v) is 20.9. The van der Waals surface area contributed by atoms with Gasteiger partial charge >= 0.3 is 0 Å². The molecule has 3 aromatic heterocycles. The van der Waals surface area contributed by atoms with E-state index in [4.69, 9.17) is 4.98 Å². The smallest absolute Gasteiger partial charge is 0.228 e. The molecule has 5 rings (SSSR count). The molecule has 1 amide bonds. The number of imidazole rings is 1. The first-order chi connectivity index (χ1) is 18.0. The van der Waals surface area contributed by atoms with Crippen molar-refractivity contribution in [3.8, 4) is 11.5 Å². The number of amides is 1. The fourth-order valence-corrected chi connectivity index (χ4v) is 4.15. The lowest BCUT2D eigenvalue weighted by Gasteiger charge is -2.09. The van der Waals surface area contributed by atoms with Gasteiger partial charge in [0.1, 0.15) is 5.69 Å². The van der Waals surface area contributed by atoms with Gasteiger partial charge in [-0.2, -0.15) is 5.10 Å². The highest BCUT2D eigenvalue weighted by atomic mass is 16.1. The first kappa shape index (κ1) is 23.9. The third-order valence-corrected chi connectivity index (χ3v) is 6.10. The zero-order valence-electron chi connectivity index (χ0n) is 20.9. The van der Waals surface area contributed by atoms with Crippen LogP contribution in [-0.4, -0.2) is 31.1 Å². The van der Waals surface area contributed by atoms with Crippen molar-refractivity contribution in [1.29, 1.82) is 0 Å². The Morgan fingerprint density at radius 3 is 2.65 bits per heavy atom. The summed E-state index contributed by atoms with van der Waals surface area (Å²) in [4.78, 5) is 25.3. The number of hydrogen-bond donors (Lipinski definition) is 3. The van der Waals surface area contributed by atoms with E-state index >= 15 is 0 Å². The SMILES string of the molecule is C=C(/C=C(\C=C(/C)NC(=O)Cc1ccccc1)c1cnc2n[nH]c(-c3nc4ccccc4[nH]3)c2c1)CC. The first-order valence-electron chi connectivity index (χ1n) is 12.2. The first-order valence-corrected chi connectivity index (χ1v) is 12.2. The highest BCUT2D eigenvalue weighted by molar-refractivity contribution is 5.94. The Kier molecular flexibility index (Phi) is 6.76. The number of hydrogen-bond acceptors (Lipinski definition) is 4. The Balaban J connectivity index is 1.48. The summed E-state index contributed by atoms with van der Waals surface area (Å²) < 4.78 is 0. The number of fused-ring (bicyclic) bond motifs is 2. The van der Waals surface area contributed by atoms with Crippen molar-refractivity contribution >= 4 is 33.5 Å². The Hall–Kier alpha value is -4.78. The predicted octanol–water partition coefficient (Wildman–Crippen LogP) is 6.11. The standard InChI is InChI=1S/C30H28N6O/c1-4-19(2)14-22(15-20(3)32-27(37)16-21-10-6-5-7-11-21)23-17-24-28(35-36-29(24)31-18-23)30-33-25-12-8-9-13-26(25)34-30/h5-15,17-18H,2,4,16H2,1,3H3,(H,32,37)(H,33,34)(H,31,35,36)/b20-15+,22-14+. The van der Waals surface area contributed by atoms with Crippen LogP contribution in [0.25, 0.3) is 39.2 Å². The number of nitrogens with one attached hydrogen (secondary N) is 3. The van der Waals surface area contributed by atoms with Crippen LogP contribution in [0.15, 0.2) is 96.9 Å². The number of H-pyrrole nitrogens is 2. The number of rotatable bonds is 8. The van der Waals surface area contributed by atoms with E-state index in [1.807, 2.05) is 79.7 Å². The van der Waals surface area contributed by atoms with E-state index in [0.717, 1.165) is 56.5 Å². The molecule has 0 aliphatic heterocycles. The Labute approximate surface area is 215 Å². The average molecular weight is 489 g/mol. The summed E-state index contributed by atoms with van der Waals surface area (Å²) in [6.07, 6.45) is 6.89. The quantitative estimate of drug-likeness (QED) is 0.229. The molecular weight excluding hydrogens is 460 g/mol. The number of carbonyl (C=O) groups is 1. The van der Waals surface area contributed by atoms with E-state index in [-0.39, 0.29) is 5.91 Å². The van der Waals surface area contributed by atoms with Gasteiger partial charge in [-0.25, -0.2) is 9.97 Å². The van der Waals surface area contributed by atoms with E-state index in [1.54, 1.807) is 6.20 Å². The van der Waals surface area contributed by atoms with E-state index in [9.17, 15) is 4.79 Å². The zero-order chi connectivity index (χ0) is 25.8. The van der Waals surface area contributed by atoms with Crippen LogP contribution in [0.5, 0.6) is 0 Å². The van der Waals surface area contributed by atoms with Crippen molar-refractivity contribution in [2.75, 3.05) is 0 Å². The van der Waals surface area contributed by atoms with Crippen molar-refractivity contribution in [1.82, 2.24) is 30.5 Å². The largest absolute Gasteiger partial charge is 0.337 e. The molecule has 7 heteroatoms. The fraction of sp³-hybridized carbons (Fsp3) is 0.133. The third-order valence-electron chi connectivity index (χ3n) is 6.10. The van der Waals surface area contributed by atoms with Gasteiger partial charge in [-0.15, -0.1) is 0 Å². The third kappa shape index (κ3) is 5.41. The Morgan fingerprint density at radius 2 is 1.86 bits per heavy atom. The van der Waals surface area contributed by atoms with Gasteiger partial charge in [-0.05, 0) is 48.8 Å². The van der Waals surface area contributed by atoms with Crippen molar-refractivity contribution < 1.29 is 4.79 Å². The van der Waals surface area contributed by atoms with Gasteiger partial charge in [0, 0.05) is 17.5 Å². The Bertz CT molecular complexity index is 1620. The van der Waals surface area contributed by atoms with Gasteiger partial charge in [0.25, 0.3) is 0 Å². The highest BCUT2D eigenvalue weighted by Crippen LogP contribution is 2.29. The van der Waals surface area contributed by atoms with Crippen LogP contribution in [0, 0.1) is 0 Å². The van der Waals surface area contributed by atoms with E-state index in [2.05, 4.69) is 39.0 Å².